The van der Waals surface area contributed by atoms with Crippen LogP contribution >= 0.6 is 11.3 Å². The standard InChI is InChI=1S/C25H28FN3O5S/c1-12-11-27-24(35-12)28-20(31)6-3-13-9-19(30)25(2)8-7-14-15(21(13)25)4-5-16-17(14)10-18(29(33)34)23(32)22(16)26/h10-11,13-15,21,32H,3-9H2,1-2H3,(H,27,28,31)/t13-,14?,15?,21?,25-/m1/s1. The topological polar surface area (TPSA) is 122 Å². The van der Waals surface area contributed by atoms with Crippen LogP contribution in [0.5, 0.6) is 5.75 Å². The molecule has 5 rings (SSSR count). The van der Waals surface area contributed by atoms with Crippen LogP contribution in [-0.4, -0.2) is 26.7 Å². The number of nitro benzene ring substituents is 1. The number of halogens is 1. The minimum Gasteiger partial charge on any atom is -0.500 e. The van der Waals surface area contributed by atoms with Crippen molar-refractivity contribution in [2.45, 2.75) is 64.7 Å². The van der Waals surface area contributed by atoms with Crippen molar-refractivity contribution in [2.24, 2.45) is 23.2 Å². The van der Waals surface area contributed by atoms with E-state index < -0.39 is 27.6 Å². The van der Waals surface area contributed by atoms with Gasteiger partial charge in [-0.2, -0.15) is 0 Å². The summed E-state index contributed by atoms with van der Waals surface area (Å²) in [7, 11) is 0. The van der Waals surface area contributed by atoms with Crippen LogP contribution in [0.15, 0.2) is 12.3 Å². The molecule has 1 amide bonds. The van der Waals surface area contributed by atoms with Crippen LogP contribution in [0.3, 0.4) is 0 Å². The predicted octanol–water partition coefficient (Wildman–Crippen LogP) is 5.27. The van der Waals surface area contributed by atoms with E-state index in [9.17, 15) is 29.2 Å². The number of thiazole rings is 1. The van der Waals surface area contributed by atoms with Crippen molar-refractivity contribution in [3.8, 4) is 5.75 Å². The maximum absolute atomic E-state index is 14.9. The second-order valence-electron chi connectivity index (χ2n) is 10.4. The van der Waals surface area contributed by atoms with Gasteiger partial charge >= 0.3 is 5.69 Å². The minimum atomic E-state index is -0.900. The highest BCUT2D eigenvalue weighted by atomic mass is 32.1. The number of hydrogen-bond donors (Lipinski definition) is 2. The Morgan fingerprint density at radius 3 is 2.89 bits per heavy atom. The molecule has 3 unspecified atom stereocenters. The fourth-order valence-electron chi connectivity index (χ4n) is 7.03. The van der Waals surface area contributed by atoms with E-state index in [4.69, 9.17) is 0 Å². The van der Waals surface area contributed by atoms with Crippen LogP contribution in [0.4, 0.5) is 15.2 Å². The van der Waals surface area contributed by atoms with Crippen molar-refractivity contribution in [3.63, 3.8) is 0 Å². The molecule has 2 aromatic rings. The lowest BCUT2D eigenvalue weighted by atomic mass is 9.54. The highest BCUT2D eigenvalue weighted by molar-refractivity contribution is 7.15. The van der Waals surface area contributed by atoms with E-state index in [0.29, 0.717) is 54.8 Å². The summed E-state index contributed by atoms with van der Waals surface area (Å²) in [6.07, 6.45) is 5.28. The molecule has 10 heteroatoms. The molecule has 1 aromatic carbocycles. The number of fused-ring (bicyclic) bond motifs is 5. The van der Waals surface area contributed by atoms with Gasteiger partial charge in [-0.15, -0.1) is 11.3 Å². The molecule has 2 saturated carbocycles. The fourth-order valence-corrected chi connectivity index (χ4v) is 7.71. The van der Waals surface area contributed by atoms with Crippen LogP contribution in [0.2, 0.25) is 0 Å². The molecular formula is C25H28FN3O5S. The molecule has 35 heavy (non-hydrogen) atoms. The summed E-state index contributed by atoms with van der Waals surface area (Å²) in [6, 6.07) is 1.34. The van der Waals surface area contributed by atoms with E-state index in [1.165, 1.54) is 17.4 Å². The Bertz CT molecular complexity index is 1230. The van der Waals surface area contributed by atoms with Crippen molar-refractivity contribution in [2.75, 3.05) is 5.32 Å². The SMILES string of the molecule is Cc1cnc(NC(=O)CC[C@@H]2CC(=O)[C@@]3(C)CCC4c5cc([N+](=O)[O-])c(O)c(F)c5CCC4C23)s1. The number of phenols is 1. The summed E-state index contributed by atoms with van der Waals surface area (Å²) in [4.78, 5) is 41.6. The van der Waals surface area contributed by atoms with Gasteiger partial charge in [-0.1, -0.05) is 6.92 Å². The third kappa shape index (κ3) is 3.91. The van der Waals surface area contributed by atoms with Gasteiger partial charge in [0.2, 0.25) is 11.7 Å². The Labute approximate surface area is 206 Å². The maximum atomic E-state index is 14.9. The summed E-state index contributed by atoms with van der Waals surface area (Å²) in [5.41, 5.74) is -0.145. The van der Waals surface area contributed by atoms with Gasteiger partial charge in [0.15, 0.2) is 10.9 Å². The second kappa shape index (κ2) is 8.65. The summed E-state index contributed by atoms with van der Waals surface area (Å²) in [5, 5.41) is 24.8. The third-order valence-corrected chi connectivity index (χ3v) is 9.40. The number of nitrogens with zero attached hydrogens (tertiary/aromatic N) is 2. The molecule has 3 aliphatic carbocycles. The number of amides is 1. The number of carbonyl (C=O) groups is 2. The molecule has 0 radical (unpaired) electrons. The number of anilines is 1. The number of hydrogen-bond acceptors (Lipinski definition) is 7. The molecular weight excluding hydrogens is 473 g/mol. The number of phenolic OH excluding ortho intramolecular Hbond substituents is 1. The molecule has 0 aliphatic heterocycles. The Morgan fingerprint density at radius 2 is 2.20 bits per heavy atom. The van der Waals surface area contributed by atoms with E-state index >= 15 is 0 Å². The quantitative estimate of drug-likeness (QED) is 0.425. The van der Waals surface area contributed by atoms with E-state index in [2.05, 4.69) is 10.3 Å². The van der Waals surface area contributed by atoms with Crippen LogP contribution in [-0.2, 0) is 16.0 Å². The summed E-state index contributed by atoms with van der Waals surface area (Å²) in [6.45, 7) is 3.94. The second-order valence-corrected chi connectivity index (χ2v) is 11.7. The summed E-state index contributed by atoms with van der Waals surface area (Å²) < 4.78 is 14.9. The molecule has 0 spiro atoms. The van der Waals surface area contributed by atoms with Gasteiger partial charge in [0.25, 0.3) is 0 Å². The number of benzene rings is 1. The number of aryl methyl sites for hydroxylation is 1. The molecule has 5 atom stereocenters. The lowest BCUT2D eigenvalue weighted by Gasteiger charge is -2.49. The summed E-state index contributed by atoms with van der Waals surface area (Å²) in [5.74, 6) is -1.67. The maximum Gasteiger partial charge on any atom is 0.314 e. The van der Waals surface area contributed by atoms with E-state index in [1.807, 2.05) is 13.8 Å². The number of aromatic hydroxyl groups is 1. The lowest BCUT2D eigenvalue weighted by molar-refractivity contribution is -0.386. The highest BCUT2D eigenvalue weighted by Gasteiger charge is 2.58. The van der Waals surface area contributed by atoms with Gasteiger partial charge in [-0.25, -0.2) is 9.37 Å². The van der Waals surface area contributed by atoms with Crippen molar-refractivity contribution in [1.29, 1.82) is 0 Å². The van der Waals surface area contributed by atoms with Gasteiger partial charge in [-0.05, 0) is 73.8 Å². The number of ketones is 1. The fraction of sp³-hybridized carbons (Fsp3) is 0.560. The van der Waals surface area contributed by atoms with Crippen molar-refractivity contribution >= 4 is 33.8 Å². The number of carbonyl (C=O) groups excluding carboxylic acids is 2. The Hall–Kier alpha value is -2.88. The van der Waals surface area contributed by atoms with E-state index in [0.717, 1.165) is 4.88 Å². The monoisotopic (exact) mass is 501 g/mol. The molecule has 0 saturated heterocycles. The molecule has 0 bridgehead atoms. The predicted molar refractivity (Wildman–Crippen MR) is 128 cm³/mol. The summed E-state index contributed by atoms with van der Waals surface area (Å²) >= 11 is 1.41. The Balaban J connectivity index is 1.39. The molecule has 186 valence electrons. The molecule has 2 N–H and O–H groups in total. The zero-order chi connectivity index (χ0) is 25.1. The zero-order valence-electron chi connectivity index (χ0n) is 19.7. The first-order valence-electron chi connectivity index (χ1n) is 12.0. The number of nitrogens with one attached hydrogen (secondary N) is 1. The Kier molecular flexibility index (Phi) is 5.89. The number of Topliss-reactive ketones (excluding diaryl/α,β-unsaturated/α-hetero) is 1. The first kappa shape index (κ1) is 23.8. The number of aromatic nitrogens is 1. The largest absolute Gasteiger partial charge is 0.500 e. The van der Waals surface area contributed by atoms with Crippen LogP contribution in [0.25, 0.3) is 0 Å². The van der Waals surface area contributed by atoms with Crippen LogP contribution in [0, 0.1) is 46.0 Å². The van der Waals surface area contributed by atoms with Gasteiger partial charge in [0, 0.05) is 35.4 Å². The normalized spacial score (nSPS) is 29.3. The van der Waals surface area contributed by atoms with E-state index in [1.54, 1.807) is 6.20 Å². The third-order valence-electron chi connectivity index (χ3n) is 8.57. The molecule has 8 nitrogen and oxygen atoms in total. The Morgan fingerprint density at radius 1 is 1.43 bits per heavy atom. The van der Waals surface area contributed by atoms with Crippen molar-refractivity contribution < 1.29 is 24.0 Å². The molecule has 3 aliphatic rings. The molecule has 1 heterocycles. The highest BCUT2D eigenvalue weighted by Crippen LogP contribution is 2.62. The van der Waals surface area contributed by atoms with Crippen molar-refractivity contribution in [3.05, 3.63) is 44.2 Å². The number of nitro groups is 1. The minimum absolute atomic E-state index is 0.0302. The van der Waals surface area contributed by atoms with Gasteiger partial charge in [0.1, 0.15) is 5.78 Å². The smallest absolute Gasteiger partial charge is 0.314 e. The van der Waals surface area contributed by atoms with E-state index in [-0.39, 0.29) is 41.8 Å². The van der Waals surface area contributed by atoms with Crippen molar-refractivity contribution in [1.82, 2.24) is 4.98 Å². The average molecular weight is 502 g/mol. The van der Waals surface area contributed by atoms with Crippen LogP contribution in [0.1, 0.15) is 67.4 Å². The lowest BCUT2D eigenvalue weighted by Crippen LogP contribution is -2.44. The molecule has 1 aromatic heterocycles. The van der Waals surface area contributed by atoms with Gasteiger partial charge in [-0.3, -0.25) is 19.7 Å². The number of rotatable bonds is 5. The molecule has 2 fully saturated rings. The van der Waals surface area contributed by atoms with Gasteiger partial charge in [0.05, 0.1) is 4.92 Å². The van der Waals surface area contributed by atoms with Crippen LogP contribution < -0.4 is 5.32 Å². The van der Waals surface area contributed by atoms with Gasteiger partial charge < -0.3 is 10.4 Å². The average Bonchev–Trinajstić information content (AvgIpc) is 3.33. The zero-order valence-corrected chi connectivity index (χ0v) is 20.5. The first-order valence-corrected chi connectivity index (χ1v) is 12.9. The first-order chi connectivity index (χ1) is 16.6.